The molecule has 1 aromatic heterocycles. The predicted molar refractivity (Wildman–Crippen MR) is 145 cm³/mol. The van der Waals surface area contributed by atoms with Crippen molar-refractivity contribution in [2.24, 2.45) is 0 Å². The molecule has 2 heterocycles. The first-order chi connectivity index (χ1) is 17.3. The number of carbonyl (C=O) groups excluding carboxylic acids is 1. The van der Waals surface area contributed by atoms with E-state index in [1.807, 2.05) is 44.2 Å². The van der Waals surface area contributed by atoms with Crippen LogP contribution in [0.2, 0.25) is 0 Å². The van der Waals surface area contributed by atoms with Crippen LogP contribution in [-0.4, -0.2) is 36.9 Å². The smallest absolute Gasteiger partial charge is 0.339 e. The van der Waals surface area contributed by atoms with Gasteiger partial charge < -0.3 is 14.1 Å². The number of carbonyl (C=O) groups is 1. The highest BCUT2D eigenvalue weighted by Gasteiger charge is 2.16. The third-order valence-electron chi connectivity index (χ3n) is 7.00. The van der Waals surface area contributed by atoms with Gasteiger partial charge in [-0.3, -0.25) is 4.79 Å². The van der Waals surface area contributed by atoms with Gasteiger partial charge in [-0.25, -0.2) is 4.79 Å². The Morgan fingerprint density at radius 3 is 2.58 bits per heavy atom. The van der Waals surface area contributed by atoms with Gasteiger partial charge in [0.2, 0.25) is 0 Å². The van der Waals surface area contributed by atoms with Crippen molar-refractivity contribution in [3.8, 4) is 5.75 Å². The van der Waals surface area contributed by atoms with Crippen LogP contribution in [-0.2, 0) is 12.8 Å². The molecule has 1 saturated heterocycles. The summed E-state index contributed by atoms with van der Waals surface area (Å²) in [6, 6.07) is 11.4. The summed E-state index contributed by atoms with van der Waals surface area (Å²) in [5.74, 6) is 0.647. The lowest BCUT2D eigenvalue weighted by Gasteiger charge is -2.15. The van der Waals surface area contributed by atoms with E-state index in [1.54, 1.807) is 6.07 Å². The van der Waals surface area contributed by atoms with Crippen LogP contribution in [0.3, 0.4) is 0 Å². The van der Waals surface area contributed by atoms with Crippen molar-refractivity contribution in [3.63, 3.8) is 0 Å². The molecule has 0 saturated carbocycles. The molecule has 0 amide bonds. The molecule has 36 heavy (non-hydrogen) atoms. The number of hydrogen-bond acceptors (Lipinski definition) is 5. The number of ketones is 1. The molecular weight excluding hydrogens is 450 g/mol. The first-order valence-corrected chi connectivity index (χ1v) is 13.0. The summed E-state index contributed by atoms with van der Waals surface area (Å²) in [5, 5.41) is 0.799. The molecule has 3 aromatic rings. The molecule has 0 unspecified atom stereocenters. The van der Waals surface area contributed by atoms with E-state index in [0.29, 0.717) is 23.3 Å². The highest BCUT2D eigenvalue weighted by Crippen LogP contribution is 2.27. The van der Waals surface area contributed by atoms with E-state index >= 15 is 0 Å². The number of hydrogen-bond donors (Lipinski definition) is 0. The SMILES string of the molecule is CC(C)=CCc1cc(C(=O)Cc2cc3ccc(OCCCN4CCCC4)c(C)c3oc2=O)ccc1C. The van der Waals surface area contributed by atoms with Crippen molar-refractivity contribution in [2.75, 3.05) is 26.2 Å². The summed E-state index contributed by atoms with van der Waals surface area (Å²) in [6.45, 7) is 12.1. The normalized spacial score (nSPS) is 13.8. The average molecular weight is 488 g/mol. The Morgan fingerprint density at radius 1 is 1.06 bits per heavy atom. The highest BCUT2D eigenvalue weighted by atomic mass is 16.5. The van der Waals surface area contributed by atoms with Crippen LogP contribution < -0.4 is 10.4 Å². The number of nitrogens with zero attached hydrogens (tertiary/aromatic N) is 1. The largest absolute Gasteiger partial charge is 0.493 e. The van der Waals surface area contributed by atoms with Gasteiger partial charge in [0, 0.05) is 35.0 Å². The third-order valence-corrected chi connectivity index (χ3v) is 7.00. The van der Waals surface area contributed by atoms with Gasteiger partial charge in [0.25, 0.3) is 0 Å². The predicted octanol–water partition coefficient (Wildman–Crippen LogP) is 6.21. The number of Topliss-reactive ketones (excluding diaryl/α,β-unsaturated/α-hetero) is 1. The zero-order valence-corrected chi connectivity index (χ0v) is 22.0. The van der Waals surface area contributed by atoms with Gasteiger partial charge >= 0.3 is 5.63 Å². The summed E-state index contributed by atoms with van der Waals surface area (Å²) in [6.07, 6.45) is 6.51. The number of ether oxygens (including phenoxy) is 1. The Hall–Kier alpha value is -3.18. The van der Waals surface area contributed by atoms with E-state index in [2.05, 4.69) is 24.8 Å². The number of likely N-dealkylation sites (tertiary alicyclic amines) is 1. The van der Waals surface area contributed by atoms with Crippen LogP contribution in [0.4, 0.5) is 0 Å². The molecule has 0 aliphatic carbocycles. The molecule has 0 atom stereocenters. The first kappa shape index (κ1) is 25.9. The summed E-state index contributed by atoms with van der Waals surface area (Å²) < 4.78 is 11.7. The van der Waals surface area contributed by atoms with Gasteiger partial charge in [-0.2, -0.15) is 0 Å². The summed E-state index contributed by atoms with van der Waals surface area (Å²) >= 11 is 0. The summed E-state index contributed by atoms with van der Waals surface area (Å²) in [5.41, 5.74) is 5.37. The maximum absolute atomic E-state index is 13.0. The molecule has 1 aliphatic heterocycles. The fourth-order valence-electron chi connectivity index (χ4n) is 4.76. The molecule has 0 bridgehead atoms. The minimum absolute atomic E-state index is 0.0111. The molecule has 190 valence electrons. The third kappa shape index (κ3) is 6.33. The maximum Gasteiger partial charge on any atom is 0.339 e. The Balaban J connectivity index is 1.46. The van der Waals surface area contributed by atoms with E-state index < -0.39 is 5.63 Å². The number of fused-ring (bicyclic) bond motifs is 1. The highest BCUT2D eigenvalue weighted by molar-refractivity contribution is 5.98. The second kappa shape index (κ2) is 11.7. The van der Waals surface area contributed by atoms with Crippen LogP contribution in [0.5, 0.6) is 5.75 Å². The van der Waals surface area contributed by atoms with Crippen LogP contribution in [0.1, 0.15) is 65.7 Å². The molecule has 5 nitrogen and oxygen atoms in total. The lowest BCUT2D eigenvalue weighted by Crippen LogP contribution is -2.22. The van der Waals surface area contributed by atoms with Crippen molar-refractivity contribution in [1.29, 1.82) is 0 Å². The second-order valence-corrected chi connectivity index (χ2v) is 10.1. The summed E-state index contributed by atoms with van der Waals surface area (Å²) in [7, 11) is 0. The topological polar surface area (TPSA) is 59.8 Å². The summed E-state index contributed by atoms with van der Waals surface area (Å²) in [4.78, 5) is 28.3. The lowest BCUT2D eigenvalue weighted by atomic mass is 9.97. The Morgan fingerprint density at radius 2 is 1.83 bits per heavy atom. The van der Waals surface area contributed by atoms with Crippen molar-refractivity contribution in [1.82, 2.24) is 4.90 Å². The van der Waals surface area contributed by atoms with Crippen LogP contribution in [0.25, 0.3) is 11.0 Å². The molecule has 0 radical (unpaired) electrons. The van der Waals surface area contributed by atoms with Crippen LogP contribution in [0.15, 0.2) is 57.3 Å². The van der Waals surface area contributed by atoms with E-state index in [1.165, 1.54) is 31.5 Å². The standard InChI is InChI=1S/C31H37NO4/c1-21(2)8-10-24-18-25(11-9-22(24)3)28(33)20-27-19-26-12-13-29(23(4)30(26)36-31(27)34)35-17-7-16-32-14-5-6-15-32/h8-9,11-13,18-19H,5-7,10,14-17,20H2,1-4H3. The molecule has 0 N–H and O–H groups in total. The quantitative estimate of drug-likeness (QED) is 0.147. The average Bonchev–Trinajstić information content (AvgIpc) is 3.37. The fraction of sp³-hybridized carbons (Fsp3) is 0.419. The number of rotatable bonds is 10. The van der Waals surface area contributed by atoms with Gasteiger partial charge in [0.15, 0.2) is 5.78 Å². The molecule has 4 rings (SSSR count). The van der Waals surface area contributed by atoms with E-state index in [0.717, 1.165) is 47.2 Å². The van der Waals surface area contributed by atoms with Gasteiger partial charge in [0.1, 0.15) is 11.3 Å². The number of benzene rings is 2. The van der Waals surface area contributed by atoms with Crippen molar-refractivity contribution in [2.45, 2.75) is 59.8 Å². The molecule has 2 aromatic carbocycles. The van der Waals surface area contributed by atoms with E-state index in [4.69, 9.17) is 9.15 Å². The maximum atomic E-state index is 13.0. The number of allylic oxidation sites excluding steroid dienone is 2. The van der Waals surface area contributed by atoms with Crippen molar-refractivity contribution >= 4 is 16.8 Å². The second-order valence-electron chi connectivity index (χ2n) is 10.1. The van der Waals surface area contributed by atoms with Gasteiger partial charge in [0.05, 0.1) is 6.61 Å². The fourth-order valence-corrected chi connectivity index (χ4v) is 4.76. The van der Waals surface area contributed by atoms with E-state index in [9.17, 15) is 9.59 Å². The van der Waals surface area contributed by atoms with Gasteiger partial charge in [-0.05, 0) is 102 Å². The Labute approximate surface area is 213 Å². The zero-order chi connectivity index (χ0) is 25.7. The van der Waals surface area contributed by atoms with Crippen molar-refractivity contribution in [3.05, 3.63) is 86.3 Å². The molecule has 1 aliphatic rings. The molecule has 5 heteroatoms. The zero-order valence-electron chi connectivity index (χ0n) is 22.0. The molecule has 0 spiro atoms. The van der Waals surface area contributed by atoms with Gasteiger partial charge in [-0.15, -0.1) is 0 Å². The first-order valence-electron chi connectivity index (χ1n) is 13.0. The minimum atomic E-state index is -0.470. The van der Waals surface area contributed by atoms with Gasteiger partial charge in [-0.1, -0.05) is 23.8 Å². The molecular formula is C31H37NO4. The monoisotopic (exact) mass is 487 g/mol. The van der Waals surface area contributed by atoms with Crippen LogP contribution in [0, 0.1) is 13.8 Å². The molecule has 1 fully saturated rings. The minimum Gasteiger partial charge on any atom is -0.493 e. The lowest BCUT2D eigenvalue weighted by molar-refractivity contribution is 0.0992. The van der Waals surface area contributed by atoms with E-state index in [-0.39, 0.29) is 12.2 Å². The number of aryl methyl sites for hydroxylation is 2. The Bertz CT molecular complexity index is 1320. The van der Waals surface area contributed by atoms with Crippen molar-refractivity contribution < 1.29 is 13.9 Å². The Kier molecular flexibility index (Phi) is 8.42. The van der Waals surface area contributed by atoms with Crippen LogP contribution >= 0.6 is 0 Å².